The van der Waals surface area contributed by atoms with Crippen LogP contribution in [0.2, 0.25) is 5.02 Å². The second-order valence-electron chi connectivity index (χ2n) is 5.12. The van der Waals surface area contributed by atoms with Crippen molar-refractivity contribution in [1.82, 2.24) is 14.7 Å². The third kappa shape index (κ3) is 3.69. The zero-order chi connectivity index (χ0) is 17.1. The molecular formula is C16H13ClN4O3. The van der Waals surface area contributed by atoms with Crippen molar-refractivity contribution in [2.24, 2.45) is 0 Å². The predicted molar refractivity (Wildman–Crippen MR) is 88.8 cm³/mol. The van der Waals surface area contributed by atoms with Crippen LogP contribution in [0.5, 0.6) is 0 Å². The van der Waals surface area contributed by atoms with E-state index in [-0.39, 0.29) is 12.1 Å². The van der Waals surface area contributed by atoms with Crippen LogP contribution in [0, 0.1) is 6.92 Å². The number of benzene rings is 1. The fourth-order valence-corrected chi connectivity index (χ4v) is 2.21. The van der Waals surface area contributed by atoms with Crippen molar-refractivity contribution in [2.75, 3.05) is 5.32 Å². The number of carbonyl (C=O) groups is 1. The summed E-state index contributed by atoms with van der Waals surface area (Å²) >= 11 is 5.84. The van der Waals surface area contributed by atoms with Gasteiger partial charge in [0.05, 0.1) is 12.0 Å². The lowest BCUT2D eigenvalue weighted by atomic mass is 10.1. The van der Waals surface area contributed by atoms with Crippen molar-refractivity contribution >= 4 is 23.3 Å². The van der Waals surface area contributed by atoms with Gasteiger partial charge in [0.2, 0.25) is 5.91 Å². The van der Waals surface area contributed by atoms with Gasteiger partial charge in [0.1, 0.15) is 12.3 Å². The van der Waals surface area contributed by atoms with Gasteiger partial charge in [-0.3, -0.25) is 14.2 Å². The van der Waals surface area contributed by atoms with Gasteiger partial charge in [0.15, 0.2) is 5.82 Å². The molecular weight excluding hydrogens is 332 g/mol. The molecule has 0 aliphatic carbocycles. The molecule has 1 N–H and O–H groups in total. The maximum Gasteiger partial charge on any atom is 0.254 e. The second-order valence-corrected chi connectivity index (χ2v) is 5.55. The van der Waals surface area contributed by atoms with Gasteiger partial charge in [-0.15, -0.1) is 0 Å². The smallest absolute Gasteiger partial charge is 0.254 e. The van der Waals surface area contributed by atoms with Crippen molar-refractivity contribution in [3.63, 3.8) is 0 Å². The molecule has 122 valence electrons. The van der Waals surface area contributed by atoms with Gasteiger partial charge in [-0.25, -0.2) is 4.98 Å². The molecule has 0 aliphatic rings. The molecule has 0 radical (unpaired) electrons. The first-order valence-electron chi connectivity index (χ1n) is 7.07. The first-order chi connectivity index (χ1) is 11.5. The van der Waals surface area contributed by atoms with Crippen LogP contribution in [0.15, 0.2) is 52.0 Å². The molecule has 1 amide bonds. The van der Waals surface area contributed by atoms with E-state index < -0.39 is 5.91 Å². The van der Waals surface area contributed by atoms with Gasteiger partial charge in [0, 0.05) is 22.7 Å². The zero-order valence-corrected chi connectivity index (χ0v) is 13.4. The average molecular weight is 345 g/mol. The van der Waals surface area contributed by atoms with E-state index in [1.807, 2.05) is 0 Å². The molecule has 0 saturated heterocycles. The number of aryl methyl sites for hydroxylation is 1. The van der Waals surface area contributed by atoms with Gasteiger partial charge in [0.25, 0.3) is 5.56 Å². The van der Waals surface area contributed by atoms with Crippen LogP contribution in [0.4, 0.5) is 5.82 Å². The van der Waals surface area contributed by atoms with Crippen LogP contribution < -0.4 is 10.9 Å². The third-order valence-corrected chi connectivity index (χ3v) is 3.48. The maximum atomic E-state index is 12.2. The van der Waals surface area contributed by atoms with Crippen LogP contribution in [0.1, 0.15) is 5.76 Å². The summed E-state index contributed by atoms with van der Waals surface area (Å²) in [5.41, 5.74) is 0.952. The molecule has 0 fully saturated rings. The zero-order valence-electron chi connectivity index (χ0n) is 12.7. The molecule has 24 heavy (non-hydrogen) atoms. The van der Waals surface area contributed by atoms with Gasteiger partial charge < -0.3 is 9.84 Å². The number of nitrogens with zero attached hydrogens (tertiary/aromatic N) is 3. The third-order valence-electron chi connectivity index (χ3n) is 3.23. The lowest BCUT2D eigenvalue weighted by Crippen LogP contribution is -2.27. The highest BCUT2D eigenvalue weighted by Gasteiger charge is 2.09. The largest absolute Gasteiger partial charge is 0.360 e. The molecule has 8 heteroatoms. The normalized spacial score (nSPS) is 10.6. The van der Waals surface area contributed by atoms with Gasteiger partial charge in [-0.2, -0.15) is 0 Å². The number of hydrogen-bond acceptors (Lipinski definition) is 5. The summed E-state index contributed by atoms with van der Waals surface area (Å²) in [6, 6.07) is 9.94. The lowest BCUT2D eigenvalue weighted by molar-refractivity contribution is -0.116. The summed E-state index contributed by atoms with van der Waals surface area (Å²) in [5, 5.41) is 6.81. The SMILES string of the molecule is Cc1cc(NC(=O)Cn2cnc(-c3ccc(Cl)cc3)cc2=O)no1. The van der Waals surface area contributed by atoms with E-state index in [0.29, 0.717) is 22.3 Å². The van der Waals surface area contributed by atoms with Crippen LogP contribution in [0.3, 0.4) is 0 Å². The highest BCUT2D eigenvalue weighted by molar-refractivity contribution is 6.30. The minimum absolute atomic E-state index is 0.168. The fourth-order valence-electron chi connectivity index (χ4n) is 2.09. The quantitative estimate of drug-likeness (QED) is 0.785. The number of anilines is 1. The van der Waals surface area contributed by atoms with Gasteiger partial charge >= 0.3 is 0 Å². The van der Waals surface area contributed by atoms with E-state index >= 15 is 0 Å². The average Bonchev–Trinajstić information content (AvgIpc) is 2.95. The maximum absolute atomic E-state index is 12.2. The van der Waals surface area contributed by atoms with E-state index in [1.165, 1.54) is 17.0 Å². The predicted octanol–water partition coefficient (Wildman–Crippen LogP) is 2.50. The van der Waals surface area contributed by atoms with Crippen molar-refractivity contribution in [1.29, 1.82) is 0 Å². The van der Waals surface area contributed by atoms with Gasteiger partial charge in [-0.05, 0) is 19.1 Å². The Bertz CT molecular complexity index is 931. The van der Waals surface area contributed by atoms with E-state index in [1.54, 1.807) is 37.3 Å². The number of halogens is 1. The van der Waals surface area contributed by atoms with Crippen LogP contribution in [0.25, 0.3) is 11.3 Å². The van der Waals surface area contributed by atoms with E-state index in [9.17, 15) is 9.59 Å². The Morgan fingerprint density at radius 1 is 1.29 bits per heavy atom. The van der Waals surface area contributed by atoms with E-state index in [0.717, 1.165) is 5.56 Å². The van der Waals surface area contributed by atoms with Crippen molar-refractivity contribution in [2.45, 2.75) is 13.5 Å². The number of carbonyl (C=O) groups excluding carboxylic acids is 1. The topological polar surface area (TPSA) is 90.0 Å². The molecule has 2 aromatic heterocycles. The minimum Gasteiger partial charge on any atom is -0.360 e. The molecule has 0 unspecified atom stereocenters. The Balaban J connectivity index is 1.74. The summed E-state index contributed by atoms with van der Waals surface area (Å²) in [6.45, 7) is 1.55. The molecule has 0 spiro atoms. The molecule has 3 aromatic rings. The Morgan fingerprint density at radius 3 is 2.67 bits per heavy atom. The Hall–Kier alpha value is -2.93. The highest BCUT2D eigenvalue weighted by Crippen LogP contribution is 2.18. The van der Waals surface area contributed by atoms with Crippen molar-refractivity contribution in [3.8, 4) is 11.3 Å². The Labute approximate surface area is 141 Å². The minimum atomic E-state index is -0.397. The molecule has 2 heterocycles. The molecule has 0 bridgehead atoms. The molecule has 0 atom stereocenters. The summed E-state index contributed by atoms with van der Waals surface area (Å²) in [7, 11) is 0. The van der Waals surface area contributed by atoms with E-state index in [2.05, 4.69) is 15.5 Å². The number of amides is 1. The van der Waals surface area contributed by atoms with Gasteiger partial charge in [-0.1, -0.05) is 28.9 Å². The first kappa shape index (κ1) is 15.9. The fraction of sp³-hybridized carbons (Fsp3) is 0.125. The summed E-state index contributed by atoms with van der Waals surface area (Å²) < 4.78 is 6.07. The van der Waals surface area contributed by atoms with Crippen molar-refractivity contribution < 1.29 is 9.32 Å². The number of nitrogens with one attached hydrogen (secondary N) is 1. The molecule has 7 nitrogen and oxygen atoms in total. The summed E-state index contributed by atoms with van der Waals surface area (Å²) in [6.07, 6.45) is 1.33. The summed E-state index contributed by atoms with van der Waals surface area (Å²) in [5.74, 6) is 0.485. The Morgan fingerprint density at radius 2 is 2.04 bits per heavy atom. The number of hydrogen-bond donors (Lipinski definition) is 1. The Kier molecular flexibility index (Phi) is 4.43. The lowest BCUT2D eigenvalue weighted by Gasteiger charge is -2.06. The second kappa shape index (κ2) is 6.67. The summed E-state index contributed by atoms with van der Waals surface area (Å²) in [4.78, 5) is 28.3. The molecule has 1 aromatic carbocycles. The highest BCUT2D eigenvalue weighted by atomic mass is 35.5. The molecule has 3 rings (SSSR count). The number of rotatable bonds is 4. The van der Waals surface area contributed by atoms with Crippen LogP contribution >= 0.6 is 11.6 Å². The van der Waals surface area contributed by atoms with Crippen molar-refractivity contribution in [3.05, 3.63) is 63.9 Å². The molecule has 0 saturated carbocycles. The number of aromatic nitrogens is 3. The molecule has 0 aliphatic heterocycles. The first-order valence-corrected chi connectivity index (χ1v) is 7.44. The standard InChI is InChI=1S/C16H13ClN4O3/c1-10-6-14(20-24-10)19-15(22)8-21-9-18-13(7-16(21)23)11-2-4-12(17)5-3-11/h2-7,9H,8H2,1H3,(H,19,20,22). The van der Waals surface area contributed by atoms with E-state index in [4.69, 9.17) is 16.1 Å². The van der Waals surface area contributed by atoms with Crippen LogP contribution in [-0.4, -0.2) is 20.6 Å². The monoisotopic (exact) mass is 344 g/mol. The van der Waals surface area contributed by atoms with Crippen LogP contribution in [-0.2, 0) is 11.3 Å².